The highest BCUT2D eigenvalue weighted by Crippen LogP contribution is 2.20. The molecule has 1 rings (SSSR count). The number of nitrogens with two attached hydrogens (primary N) is 1. The van der Waals surface area contributed by atoms with E-state index in [-0.39, 0.29) is 5.91 Å². The molecule has 3 N–H and O–H groups in total. The smallest absolute Gasteiger partial charge is 0.251 e. The summed E-state index contributed by atoms with van der Waals surface area (Å²) in [5, 5.41) is 2.75. The van der Waals surface area contributed by atoms with Gasteiger partial charge in [-0.05, 0) is 40.5 Å². The van der Waals surface area contributed by atoms with Crippen molar-refractivity contribution in [2.45, 2.75) is 13.3 Å². The van der Waals surface area contributed by atoms with Crippen molar-refractivity contribution in [1.29, 1.82) is 0 Å². The van der Waals surface area contributed by atoms with Crippen molar-refractivity contribution in [2.24, 2.45) is 0 Å². The van der Waals surface area contributed by atoms with Crippen LogP contribution in [0.3, 0.4) is 0 Å². The molecule has 0 radical (unpaired) electrons. The van der Waals surface area contributed by atoms with Gasteiger partial charge in [0.15, 0.2) is 0 Å². The highest BCUT2D eigenvalue weighted by molar-refractivity contribution is 9.10. The van der Waals surface area contributed by atoms with Crippen LogP contribution in [-0.4, -0.2) is 44.5 Å². The summed E-state index contributed by atoms with van der Waals surface area (Å²) in [7, 11) is -3.18. The minimum absolute atomic E-state index is 0.210. The third-order valence-corrected chi connectivity index (χ3v) is 5.02. The van der Waals surface area contributed by atoms with Crippen molar-refractivity contribution in [3.05, 3.63) is 28.2 Å². The number of carbonyl (C=O) groups excluding carboxylic acids is 1. The summed E-state index contributed by atoms with van der Waals surface area (Å²) >= 11 is 3.27. The molecule has 0 fully saturated rings. The summed E-state index contributed by atoms with van der Waals surface area (Å²) in [6, 6.07) is 4.95. The van der Waals surface area contributed by atoms with Crippen LogP contribution < -0.4 is 11.1 Å². The number of sulfonamides is 1. The van der Waals surface area contributed by atoms with Gasteiger partial charge < -0.3 is 11.1 Å². The number of rotatable bonds is 7. The van der Waals surface area contributed by atoms with Crippen LogP contribution in [0.5, 0.6) is 0 Å². The van der Waals surface area contributed by atoms with E-state index in [1.165, 1.54) is 10.6 Å². The number of hydrogen-bond donors (Lipinski definition) is 2. The molecule has 8 heteroatoms. The molecule has 1 amide bonds. The van der Waals surface area contributed by atoms with Crippen molar-refractivity contribution in [3.63, 3.8) is 0 Å². The van der Waals surface area contributed by atoms with Crippen LogP contribution in [0.25, 0.3) is 0 Å². The molecular formula is C13H20BrN3O3S. The summed E-state index contributed by atoms with van der Waals surface area (Å²) in [6.45, 7) is 3.01. The highest BCUT2D eigenvalue weighted by atomic mass is 79.9. The Hall–Kier alpha value is -1.12. The molecule has 1 aromatic rings. The molecule has 0 spiro atoms. The second-order valence-corrected chi connectivity index (χ2v) is 7.44. The molecule has 0 saturated carbocycles. The lowest BCUT2D eigenvalue weighted by atomic mass is 10.2. The normalized spacial score (nSPS) is 11.6. The summed E-state index contributed by atoms with van der Waals surface area (Å²) in [5.74, 6) is -0.210. The summed E-state index contributed by atoms with van der Waals surface area (Å²) in [5.41, 5.74) is 6.73. The average Bonchev–Trinajstić information content (AvgIpc) is 2.40. The Labute approximate surface area is 133 Å². The third-order valence-electron chi connectivity index (χ3n) is 2.95. The minimum Gasteiger partial charge on any atom is -0.398 e. The Balaban J connectivity index is 2.45. The van der Waals surface area contributed by atoms with Crippen LogP contribution in [0.1, 0.15) is 23.7 Å². The van der Waals surface area contributed by atoms with E-state index >= 15 is 0 Å². The maximum Gasteiger partial charge on any atom is 0.251 e. The molecule has 0 aliphatic rings. The van der Waals surface area contributed by atoms with Gasteiger partial charge in [0.1, 0.15) is 0 Å². The van der Waals surface area contributed by atoms with Gasteiger partial charge >= 0.3 is 0 Å². The third kappa shape index (κ3) is 5.64. The molecule has 0 atom stereocenters. The molecule has 0 unspecified atom stereocenters. The molecule has 1 aromatic carbocycles. The number of nitrogen functional groups attached to an aromatic ring is 1. The first-order chi connectivity index (χ1) is 9.75. The lowest BCUT2D eigenvalue weighted by Gasteiger charge is -2.17. The molecule has 0 saturated heterocycles. The van der Waals surface area contributed by atoms with Crippen molar-refractivity contribution >= 4 is 37.5 Å². The van der Waals surface area contributed by atoms with E-state index in [2.05, 4.69) is 21.2 Å². The monoisotopic (exact) mass is 377 g/mol. The van der Waals surface area contributed by atoms with Crippen molar-refractivity contribution in [3.8, 4) is 0 Å². The number of halogens is 1. The van der Waals surface area contributed by atoms with Crippen molar-refractivity contribution in [1.82, 2.24) is 9.62 Å². The first-order valence-corrected chi connectivity index (χ1v) is 9.18. The van der Waals surface area contributed by atoms with Gasteiger partial charge in [0, 0.05) is 35.4 Å². The first-order valence-electron chi connectivity index (χ1n) is 6.54. The number of hydrogen-bond acceptors (Lipinski definition) is 4. The first kappa shape index (κ1) is 17.9. The molecular weight excluding hydrogens is 358 g/mol. The van der Waals surface area contributed by atoms with E-state index in [1.807, 2.05) is 0 Å². The molecule has 0 aliphatic heterocycles. The van der Waals surface area contributed by atoms with Crippen LogP contribution >= 0.6 is 15.9 Å². The topological polar surface area (TPSA) is 92.5 Å². The number of benzene rings is 1. The Morgan fingerprint density at radius 2 is 2.10 bits per heavy atom. The Morgan fingerprint density at radius 1 is 1.43 bits per heavy atom. The standard InChI is InChI=1S/C13H20BrN3O3S/c1-3-17(21(2,19)20)8-4-7-16-13(18)10-5-6-12(15)11(14)9-10/h5-6,9H,3-4,7-8,15H2,1-2H3,(H,16,18). The summed E-state index contributed by atoms with van der Waals surface area (Å²) in [6.07, 6.45) is 1.74. The number of anilines is 1. The van der Waals surface area contributed by atoms with Crippen LogP contribution in [-0.2, 0) is 10.0 Å². The number of carbonyl (C=O) groups is 1. The van der Waals surface area contributed by atoms with Crippen molar-refractivity contribution in [2.75, 3.05) is 31.6 Å². The molecule has 0 bridgehead atoms. The van der Waals surface area contributed by atoms with Crippen LogP contribution in [0.15, 0.2) is 22.7 Å². The lowest BCUT2D eigenvalue weighted by Crippen LogP contribution is -2.33. The highest BCUT2D eigenvalue weighted by Gasteiger charge is 2.13. The van der Waals surface area contributed by atoms with Gasteiger partial charge in [0.2, 0.25) is 10.0 Å². The zero-order valence-corrected chi connectivity index (χ0v) is 14.5. The fourth-order valence-electron chi connectivity index (χ4n) is 1.79. The van der Waals surface area contributed by atoms with E-state index in [9.17, 15) is 13.2 Å². The van der Waals surface area contributed by atoms with Crippen LogP contribution in [0.2, 0.25) is 0 Å². The zero-order valence-electron chi connectivity index (χ0n) is 12.1. The number of nitrogens with one attached hydrogen (secondary N) is 1. The maximum atomic E-state index is 11.9. The van der Waals surface area contributed by atoms with Crippen molar-refractivity contribution < 1.29 is 13.2 Å². The molecule has 0 aliphatic carbocycles. The van der Waals surface area contributed by atoms with E-state index in [1.54, 1.807) is 25.1 Å². The number of amides is 1. The van der Waals surface area contributed by atoms with E-state index in [0.29, 0.717) is 41.8 Å². The van der Waals surface area contributed by atoms with Gasteiger partial charge in [-0.1, -0.05) is 6.92 Å². The molecule has 21 heavy (non-hydrogen) atoms. The maximum absolute atomic E-state index is 11.9. The summed E-state index contributed by atoms with van der Waals surface area (Å²) < 4.78 is 24.9. The van der Waals surface area contributed by atoms with Crippen LogP contribution in [0, 0.1) is 0 Å². The summed E-state index contributed by atoms with van der Waals surface area (Å²) in [4.78, 5) is 11.9. The predicted octanol–water partition coefficient (Wildman–Crippen LogP) is 1.43. The minimum atomic E-state index is -3.18. The lowest BCUT2D eigenvalue weighted by molar-refractivity contribution is 0.0952. The molecule has 0 aromatic heterocycles. The van der Waals surface area contributed by atoms with Gasteiger partial charge in [-0.2, -0.15) is 0 Å². The van der Waals surface area contributed by atoms with Gasteiger partial charge in [-0.25, -0.2) is 12.7 Å². The SMILES string of the molecule is CCN(CCCNC(=O)c1ccc(N)c(Br)c1)S(C)(=O)=O. The molecule has 0 heterocycles. The molecule has 6 nitrogen and oxygen atoms in total. The van der Waals surface area contributed by atoms with Crippen LogP contribution in [0.4, 0.5) is 5.69 Å². The largest absolute Gasteiger partial charge is 0.398 e. The second kappa shape index (κ2) is 7.77. The fraction of sp³-hybridized carbons (Fsp3) is 0.462. The number of nitrogens with zero attached hydrogens (tertiary/aromatic N) is 1. The van der Waals surface area contributed by atoms with Gasteiger partial charge in [-0.3, -0.25) is 4.79 Å². The Morgan fingerprint density at radius 3 is 2.62 bits per heavy atom. The van der Waals surface area contributed by atoms with E-state index in [0.717, 1.165) is 0 Å². The van der Waals surface area contributed by atoms with Gasteiger partial charge in [0.05, 0.1) is 6.26 Å². The van der Waals surface area contributed by atoms with Gasteiger partial charge in [-0.15, -0.1) is 0 Å². The van der Waals surface area contributed by atoms with E-state index < -0.39 is 10.0 Å². The molecule has 118 valence electrons. The Kier molecular flexibility index (Phi) is 6.63. The quantitative estimate of drug-likeness (QED) is 0.555. The second-order valence-electron chi connectivity index (χ2n) is 4.60. The fourth-order valence-corrected chi connectivity index (χ4v) is 3.09. The average molecular weight is 378 g/mol. The van der Waals surface area contributed by atoms with Gasteiger partial charge in [0.25, 0.3) is 5.91 Å². The van der Waals surface area contributed by atoms with E-state index in [4.69, 9.17) is 5.73 Å². The Bertz CT molecular complexity index is 605. The zero-order chi connectivity index (χ0) is 16.0. The predicted molar refractivity (Wildman–Crippen MR) is 87.6 cm³/mol.